The molecule has 0 fully saturated rings. The number of aliphatic hydroxyl groups excluding tert-OH is 1. The minimum absolute atomic E-state index is 0.0159. The molecule has 0 unspecified atom stereocenters. The van der Waals surface area contributed by atoms with Crippen LogP contribution in [0.1, 0.15) is 21.6 Å². The first-order valence-electron chi connectivity index (χ1n) is 7.73. The summed E-state index contributed by atoms with van der Waals surface area (Å²) >= 11 is 0. The summed E-state index contributed by atoms with van der Waals surface area (Å²) < 4.78 is 28.8. The van der Waals surface area contributed by atoms with Crippen LogP contribution in [0, 0.1) is 12.3 Å². The highest BCUT2D eigenvalue weighted by Gasteiger charge is 2.19. The number of para-hydroxylation sites is 1. The van der Waals surface area contributed by atoms with Crippen molar-refractivity contribution in [3.8, 4) is 0 Å². The second-order valence-corrected chi connectivity index (χ2v) is 7.28. The average Bonchev–Trinajstić information content (AvgIpc) is 2.61. The highest BCUT2D eigenvalue weighted by atomic mass is 32.2. The Kier molecular flexibility index (Phi) is 4.79. The maximum atomic E-state index is 12.6. The van der Waals surface area contributed by atoms with Crippen LogP contribution in [0.3, 0.4) is 0 Å². The summed E-state index contributed by atoms with van der Waals surface area (Å²) in [6.45, 7) is 1.35. The third-order valence-electron chi connectivity index (χ3n) is 3.93. The van der Waals surface area contributed by atoms with Crippen molar-refractivity contribution in [2.24, 2.45) is 5.14 Å². The van der Waals surface area contributed by atoms with E-state index in [4.69, 9.17) is 15.0 Å². The third kappa shape index (κ3) is 3.58. The van der Waals surface area contributed by atoms with Crippen LogP contribution in [-0.4, -0.2) is 24.4 Å². The lowest BCUT2D eigenvalue weighted by atomic mass is 10.1. The van der Waals surface area contributed by atoms with Gasteiger partial charge in [0.05, 0.1) is 18.0 Å². The van der Waals surface area contributed by atoms with Crippen LogP contribution in [0.25, 0.3) is 11.0 Å². The predicted octanol–water partition coefficient (Wildman–Crippen LogP) is 1.01. The van der Waals surface area contributed by atoms with Gasteiger partial charge in [0, 0.05) is 17.1 Å². The third-order valence-corrected chi connectivity index (χ3v) is 4.90. The second-order valence-electron chi connectivity index (χ2n) is 5.75. The zero-order valence-electron chi connectivity index (χ0n) is 14.2. The Labute approximate surface area is 154 Å². The molecule has 2 aromatic heterocycles. The van der Waals surface area contributed by atoms with Gasteiger partial charge < -0.3 is 14.8 Å². The molecule has 2 heterocycles. The van der Waals surface area contributed by atoms with E-state index in [1.54, 1.807) is 6.92 Å². The van der Waals surface area contributed by atoms with Crippen molar-refractivity contribution >= 4 is 32.6 Å². The molecule has 3 aromatic rings. The van der Waals surface area contributed by atoms with Gasteiger partial charge in [-0.1, -0.05) is 12.1 Å². The van der Waals surface area contributed by atoms with Gasteiger partial charge >= 0.3 is 0 Å². The Morgan fingerprint density at radius 3 is 2.74 bits per heavy atom. The average molecular weight is 388 g/mol. The van der Waals surface area contributed by atoms with Crippen LogP contribution < -0.4 is 16.0 Å². The molecule has 5 N–H and O–H groups in total. The molecule has 0 spiro atoms. The van der Waals surface area contributed by atoms with Crippen molar-refractivity contribution in [1.82, 2.24) is 4.98 Å². The SMILES string of the molecule is Cc1ncc(CO)c2cc(C(=O)Nc3ccccc3S(N)(=O)=O)c(=N)oc12. The van der Waals surface area contributed by atoms with Gasteiger partial charge in [-0.05, 0) is 25.1 Å². The molecule has 1 aromatic carbocycles. The topological polar surface area (TPSA) is 159 Å². The minimum Gasteiger partial charge on any atom is -0.436 e. The van der Waals surface area contributed by atoms with Gasteiger partial charge in [-0.25, -0.2) is 13.6 Å². The fourth-order valence-electron chi connectivity index (χ4n) is 2.60. The zero-order valence-corrected chi connectivity index (χ0v) is 15.0. The van der Waals surface area contributed by atoms with Crippen molar-refractivity contribution in [3.05, 3.63) is 58.9 Å². The maximum Gasteiger partial charge on any atom is 0.261 e. The number of aliphatic hydroxyl groups is 1. The molecule has 0 radical (unpaired) electrons. The molecular weight excluding hydrogens is 372 g/mol. The number of aromatic nitrogens is 1. The Balaban J connectivity index is 2.10. The number of hydrogen-bond donors (Lipinski definition) is 4. The standard InChI is InChI=1S/C17H16N4O5S/c1-9-15-11(10(8-22)7-20-9)6-12(16(18)26-15)17(23)21-13-4-2-3-5-14(13)27(19,24)25/h2-7,18,22H,8H2,1H3,(H,21,23)(H2,19,24,25). The van der Waals surface area contributed by atoms with Crippen molar-refractivity contribution in [1.29, 1.82) is 5.41 Å². The first-order chi connectivity index (χ1) is 12.7. The Morgan fingerprint density at radius 1 is 1.37 bits per heavy atom. The first kappa shape index (κ1) is 18.7. The van der Waals surface area contributed by atoms with Gasteiger partial charge in [-0.15, -0.1) is 0 Å². The van der Waals surface area contributed by atoms with E-state index < -0.39 is 21.5 Å². The van der Waals surface area contributed by atoms with Crippen LogP contribution in [0.4, 0.5) is 5.69 Å². The van der Waals surface area contributed by atoms with E-state index in [1.807, 2.05) is 0 Å². The van der Waals surface area contributed by atoms with Gasteiger partial charge in [0.15, 0.2) is 5.58 Å². The molecule has 140 valence electrons. The molecule has 0 saturated carbocycles. The molecule has 1 amide bonds. The number of amides is 1. The number of anilines is 1. The smallest absolute Gasteiger partial charge is 0.261 e. The zero-order chi connectivity index (χ0) is 19.8. The summed E-state index contributed by atoms with van der Waals surface area (Å²) in [7, 11) is -4.05. The number of hydrogen-bond acceptors (Lipinski definition) is 7. The number of pyridine rings is 1. The summed E-state index contributed by atoms with van der Waals surface area (Å²) in [6.07, 6.45) is 1.45. The first-order valence-corrected chi connectivity index (χ1v) is 9.28. The molecule has 0 saturated heterocycles. The van der Waals surface area contributed by atoms with Gasteiger partial charge in [0.2, 0.25) is 15.6 Å². The Morgan fingerprint density at radius 2 is 2.07 bits per heavy atom. The molecule has 10 heteroatoms. The van der Waals surface area contributed by atoms with Crippen molar-refractivity contribution in [2.75, 3.05) is 5.32 Å². The highest BCUT2D eigenvalue weighted by Crippen LogP contribution is 2.23. The van der Waals surface area contributed by atoms with E-state index >= 15 is 0 Å². The summed E-state index contributed by atoms with van der Waals surface area (Å²) in [5, 5.41) is 25.5. The van der Waals surface area contributed by atoms with Crippen molar-refractivity contribution < 1.29 is 22.7 Å². The van der Waals surface area contributed by atoms with Gasteiger partial charge in [0.1, 0.15) is 10.5 Å². The van der Waals surface area contributed by atoms with E-state index in [9.17, 15) is 18.3 Å². The quantitative estimate of drug-likeness (QED) is 0.522. The number of sulfonamides is 1. The molecule has 0 aliphatic carbocycles. The highest BCUT2D eigenvalue weighted by molar-refractivity contribution is 7.89. The lowest BCUT2D eigenvalue weighted by Gasteiger charge is -2.11. The number of nitrogens with two attached hydrogens (primary N) is 1. The number of rotatable bonds is 4. The summed E-state index contributed by atoms with van der Waals surface area (Å²) in [5.41, 5.74) is 0.645. The number of benzene rings is 1. The second kappa shape index (κ2) is 6.91. The lowest BCUT2D eigenvalue weighted by Crippen LogP contribution is -2.23. The molecule has 9 nitrogen and oxygen atoms in total. The van der Waals surface area contributed by atoms with E-state index in [1.165, 1.54) is 36.5 Å². The fraction of sp³-hybridized carbons (Fsp3) is 0.118. The van der Waals surface area contributed by atoms with Crippen LogP contribution in [0.2, 0.25) is 0 Å². The number of nitrogens with one attached hydrogen (secondary N) is 2. The van der Waals surface area contributed by atoms with Crippen molar-refractivity contribution in [2.45, 2.75) is 18.4 Å². The number of primary sulfonamides is 1. The van der Waals surface area contributed by atoms with Crippen LogP contribution in [0.5, 0.6) is 0 Å². The maximum absolute atomic E-state index is 12.6. The minimum atomic E-state index is -4.05. The molecule has 0 bridgehead atoms. The normalized spacial score (nSPS) is 11.5. The number of aryl methyl sites for hydroxylation is 1. The molecule has 0 aliphatic heterocycles. The predicted molar refractivity (Wildman–Crippen MR) is 96.3 cm³/mol. The van der Waals surface area contributed by atoms with E-state index in [-0.39, 0.29) is 28.3 Å². The summed E-state index contributed by atoms with van der Waals surface area (Å²) in [6, 6.07) is 7.05. The monoisotopic (exact) mass is 388 g/mol. The fourth-order valence-corrected chi connectivity index (χ4v) is 3.29. The summed E-state index contributed by atoms with van der Waals surface area (Å²) in [5.74, 6) is -0.750. The largest absolute Gasteiger partial charge is 0.436 e. The molecular formula is C17H16N4O5S. The van der Waals surface area contributed by atoms with Gasteiger partial charge in [-0.3, -0.25) is 15.2 Å². The van der Waals surface area contributed by atoms with E-state index in [0.29, 0.717) is 16.6 Å². The van der Waals surface area contributed by atoms with Gasteiger partial charge in [-0.2, -0.15) is 0 Å². The Bertz CT molecular complexity index is 1220. The molecule has 0 aliphatic rings. The van der Waals surface area contributed by atoms with E-state index in [2.05, 4.69) is 10.3 Å². The summed E-state index contributed by atoms with van der Waals surface area (Å²) in [4.78, 5) is 16.5. The van der Waals surface area contributed by atoms with E-state index in [0.717, 1.165) is 0 Å². The van der Waals surface area contributed by atoms with Crippen LogP contribution in [-0.2, 0) is 16.6 Å². The molecule has 27 heavy (non-hydrogen) atoms. The molecule has 0 atom stereocenters. The number of nitrogens with zero attached hydrogens (tertiary/aromatic N) is 1. The lowest BCUT2D eigenvalue weighted by molar-refractivity contribution is 0.102. The van der Waals surface area contributed by atoms with Crippen molar-refractivity contribution in [3.63, 3.8) is 0 Å². The van der Waals surface area contributed by atoms with Crippen LogP contribution >= 0.6 is 0 Å². The molecule has 3 rings (SSSR count). The number of carbonyl (C=O) groups excluding carboxylic acids is 1. The number of carbonyl (C=O) groups is 1. The Hall–Kier alpha value is -3.08. The number of fused-ring (bicyclic) bond motifs is 1. The van der Waals surface area contributed by atoms with Gasteiger partial charge in [0.25, 0.3) is 5.91 Å². The van der Waals surface area contributed by atoms with Crippen LogP contribution in [0.15, 0.2) is 45.8 Å².